The van der Waals surface area contributed by atoms with E-state index in [1.807, 2.05) is 24.5 Å². The molecule has 8 heteroatoms. The van der Waals surface area contributed by atoms with Crippen LogP contribution in [0.5, 0.6) is 5.75 Å². The number of ether oxygens (including phenoxy) is 1. The van der Waals surface area contributed by atoms with Crippen LogP contribution in [0.15, 0.2) is 41.3 Å². The molecule has 7 nitrogen and oxygen atoms in total. The number of amides is 1. The van der Waals surface area contributed by atoms with E-state index in [9.17, 15) is 9.59 Å². The summed E-state index contributed by atoms with van der Waals surface area (Å²) in [5, 5.41) is 7.85. The molecule has 0 aliphatic rings. The average Bonchev–Trinajstić information content (AvgIpc) is 3.19. The van der Waals surface area contributed by atoms with Gasteiger partial charge in [0.15, 0.2) is 0 Å². The highest BCUT2D eigenvalue weighted by Crippen LogP contribution is 2.33. The highest BCUT2D eigenvalue weighted by Gasteiger charge is 2.18. The molecule has 0 aliphatic carbocycles. The zero-order valence-electron chi connectivity index (χ0n) is 15.9. The number of aryl methyl sites for hydroxylation is 2. The highest BCUT2D eigenvalue weighted by molar-refractivity contribution is 7.20. The lowest BCUT2D eigenvalue weighted by Gasteiger charge is -2.10. The molecular formula is C20H20N4O3S. The SMILES string of the molecule is CCn1c2cc(C)sc2c2cnn(CC(=O)Nc3ccccc3OC)c(=O)c21. The summed E-state index contributed by atoms with van der Waals surface area (Å²) in [6.45, 7) is 4.55. The van der Waals surface area contributed by atoms with Gasteiger partial charge in [0, 0.05) is 16.8 Å². The maximum atomic E-state index is 13.1. The number of nitrogens with one attached hydrogen (secondary N) is 1. The van der Waals surface area contributed by atoms with Crippen LogP contribution in [0.25, 0.3) is 21.1 Å². The van der Waals surface area contributed by atoms with Gasteiger partial charge in [-0.2, -0.15) is 5.10 Å². The molecular weight excluding hydrogens is 376 g/mol. The lowest BCUT2D eigenvalue weighted by molar-refractivity contribution is -0.117. The van der Waals surface area contributed by atoms with Crippen molar-refractivity contribution in [1.82, 2.24) is 14.3 Å². The van der Waals surface area contributed by atoms with E-state index in [-0.39, 0.29) is 18.0 Å². The fourth-order valence-corrected chi connectivity index (χ4v) is 4.46. The largest absolute Gasteiger partial charge is 0.495 e. The number of hydrogen-bond donors (Lipinski definition) is 1. The van der Waals surface area contributed by atoms with E-state index in [1.54, 1.807) is 35.7 Å². The maximum absolute atomic E-state index is 13.1. The molecule has 1 amide bonds. The summed E-state index contributed by atoms with van der Waals surface area (Å²) in [6.07, 6.45) is 1.68. The summed E-state index contributed by atoms with van der Waals surface area (Å²) in [5.74, 6) is 0.216. The Morgan fingerprint density at radius 3 is 2.86 bits per heavy atom. The van der Waals surface area contributed by atoms with Gasteiger partial charge in [-0.3, -0.25) is 9.59 Å². The Balaban J connectivity index is 1.70. The number of rotatable bonds is 5. The summed E-state index contributed by atoms with van der Waals surface area (Å²) >= 11 is 1.65. The predicted octanol–water partition coefficient (Wildman–Crippen LogP) is 3.39. The van der Waals surface area contributed by atoms with Gasteiger partial charge in [-0.25, -0.2) is 4.68 Å². The predicted molar refractivity (Wildman–Crippen MR) is 111 cm³/mol. The van der Waals surface area contributed by atoms with Crippen LogP contribution < -0.4 is 15.6 Å². The van der Waals surface area contributed by atoms with Crippen molar-refractivity contribution < 1.29 is 9.53 Å². The quantitative estimate of drug-likeness (QED) is 0.561. The highest BCUT2D eigenvalue weighted by atomic mass is 32.1. The molecule has 144 valence electrons. The van der Waals surface area contributed by atoms with E-state index >= 15 is 0 Å². The van der Waals surface area contributed by atoms with Gasteiger partial charge < -0.3 is 14.6 Å². The molecule has 0 bridgehead atoms. The first-order valence-corrected chi connectivity index (χ1v) is 9.76. The van der Waals surface area contributed by atoms with Crippen LogP contribution in [0.2, 0.25) is 0 Å². The Hall–Kier alpha value is -3.13. The molecule has 0 saturated carbocycles. The monoisotopic (exact) mass is 396 g/mol. The van der Waals surface area contributed by atoms with Crippen LogP contribution in [0.3, 0.4) is 0 Å². The summed E-state index contributed by atoms with van der Waals surface area (Å²) in [6, 6.07) is 9.21. The van der Waals surface area contributed by atoms with Gasteiger partial charge in [-0.05, 0) is 32.0 Å². The standard InChI is InChI=1S/C20H20N4O3S/c1-4-23-15-9-12(2)28-19(15)13-10-21-24(20(26)18(13)23)11-17(25)22-14-7-5-6-8-16(14)27-3/h5-10H,4,11H2,1-3H3,(H,22,25). The lowest BCUT2D eigenvalue weighted by Crippen LogP contribution is -2.30. The second-order valence-corrected chi connectivity index (χ2v) is 7.69. The van der Waals surface area contributed by atoms with Crippen molar-refractivity contribution in [3.8, 4) is 5.75 Å². The second kappa shape index (κ2) is 7.12. The smallest absolute Gasteiger partial charge is 0.291 e. The summed E-state index contributed by atoms with van der Waals surface area (Å²) in [5.41, 5.74) is 1.91. The van der Waals surface area contributed by atoms with Gasteiger partial charge in [0.1, 0.15) is 17.8 Å². The number of nitrogens with zero attached hydrogens (tertiary/aromatic N) is 3. The first kappa shape index (κ1) is 18.2. The first-order valence-electron chi connectivity index (χ1n) is 8.94. The lowest BCUT2D eigenvalue weighted by atomic mass is 10.3. The number of benzene rings is 1. The zero-order valence-corrected chi connectivity index (χ0v) is 16.7. The minimum atomic E-state index is -0.342. The van der Waals surface area contributed by atoms with Gasteiger partial charge in [0.05, 0.1) is 29.2 Å². The molecule has 4 rings (SSSR count). The molecule has 3 heterocycles. The third kappa shape index (κ3) is 2.95. The first-order chi connectivity index (χ1) is 13.5. The molecule has 1 N–H and O–H groups in total. The van der Waals surface area contributed by atoms with Crippen LogP contribution in [-0.4, -0.2) is 27.4 Å². The van der Waals surface area contributed by atoms with E-state index in [0.29, 0.717) is 23.5 Å². The third-order valence-electron chi connectivity index (χ3n) is 4.65. The van der Waals surface area contributed by atoms with Crippen LogP contribution >= 0.6 is 11.3 Å². The van der Waals surface area contributed by atoms with Gasteiger partial charge in [-0.1, -0.05) is 12.1 Å². The molecule has 0 spiro atoms. The van der Waals surface area contributed by atoms with Crippen molar-refractivity contribution in [2.75, 3.05) is 12.4 Å². The van der Waals surface area contributed by atoms with Crippen LogP contribution in [0.1, 0.15) is 11.8 Å². The van der Waals surface area contributed by atoms with Crippen LogP contribution in [0, 0.1) is 6.92 Å². The molecule has 0 radical (unpaired) electrons. The molecule has 0 fully saturated rings. The number of para-hydroxylation sites is 2. The number of fused-ring (bicyclic) bond motifs is 3. The molecule has 3 aromatic heterocycles. The number of anilines is 1. The van der Waals surface area contributed by atoms with Crippen molar-refractivity contribution in [3.05, 3.63) is 51.8 Å². The van der Waals surface area contributed by atoms with E-state index in [0.717, 1.165) is 15.6 Å². The zero-order chi connectivity index (χ0) is 19.8. The minimum absolute atomic E-state index is 0.172. The van der Waals surface area contributed by atoms with Crippen LogP contribution in [0.4, 0.5) is 5.69 Å². The van der Waals surface area contributed by atoms with Gasteiger partial charge in [0.2, 0.25) is 5.91 Å². The fourth-order valence-electron chi connectivity index (χ4n) is 3.43. The van der Waals surface area contributed by atoms with Gasteiger partial charge in [-0.15, -0.1) is 11.3 Å². The minimum Gasteiger partial charge on any atom is -0.495 e. The summed E-state index contributed by atoms with van der Waals surface area (Å²) in [7, 11) is 1.54. The molecule has 28 heavy (non-hydrogen) atoms. The third-order valence-corrected chi connectivity index (χ3v) is 5.72. The fraction of sp³-hybridized carbons (Fsp3) is 0.250. The average molecular weight is 396 g/mol. The topological polar surface area (TPSA) is 78.2 Å². The molecule has 1 aromatic carbocycles. The molecule has 0 saturated heterocycles. The maximum Gasteiger partial charge on any atom is 0.291 e. The van der Waals surface area contributed by atoms with Crippen molar-refractivity contribution in [2.45, 2.75) is 26.9 Å². The Bertz CT molecular complexity index is 1250. The van der Waals surface area contributed by atoms with E-state index < -0.39 is 0 Å². The second-order valence-electron chi connectivity index (χ2n) is 6.43. The Kier molecular flexibility index (Phi) is 4.64. The van der Waals surface area contributed by atoms with Crippen molar-refractivity contribution >= 4 is 44.1 Å². The number of hydrogen-bond acceptors (Lipinski definition) is 5. The number of carbonyl (C=O) groups excluding carboxylic acids is 1. The normalized spacial score (nSPS) is 11.2. The van der Waals surface area contributed by atoms with Crippen molar-refractivity contribution in [1.29, 1.82) is 0 Å². The van der Waals surface area contributed by atoms with E-state index in [1.165, 1.54) is 16.7 Å². The summed E-state index contributed by atoms with van der Waals surface area (Å²) < 4.78 is 9.50. The Morgan fingerprint density at radius 2 is 2.11 bits per heavy atom. The van der Waals surface area contributed by atoms with Crippen molar-refractivity contribution in [3.63, 3.8) is 0 Å². The van der Waals surface area contributed by atoms with E-state index in [2.05, 4.69) is 16.5 Å². The van der Waals surface area contributed by atoms with Gasteiger partial charge in [0.25, 0.3) is 5.56 Å². The summed E-state index contributed by atoms with van der Waals surface area (Å²) in [4.78, 5) is 26.7. The van der Waals surface area contributed by atoms with E-state index in [4.69, 9.17) is 4.74 Å². The number of carbonyl (C=O) groups is 1. The molecule has 0 atom stereocenters. The number of aromatic nitrogens is 3. The molecule has 0 unspecified atom stereocenters. The van der Waals surface area contributed by atoms with Crippen LogP contribution in [-0.2, 0) is 17.9 Å². The molecule has 0 aliphatic heterocycles. The van der Waals surface area contributed by atoms with Gasteiger partial charge >= 0.3 is 0 Å². The van der Waals surface area contributed by atoms with Crippen molar-refractivity contribution in [2.24, 2.45) is 0 Å². The Labute approximate surface area is 165 Å². The number of methoxy groups -OCH3 is 1. The number of thiophene rings is 1. The molecule has 4 aromatic rings. The Morgan fingerprint density at radius 1 is 1.32 bits per heavy atom.